The highest BCUT2D eigenvalue weighted by molar-refractivity contribution is 5.66. The largest absolute Gasteiger partial charge is 0.497 e. The second-order valence-corrected chi connectivity index (χ2v) is 13.2. The zero-order valence-electron chi connectivity index (χ0n) is 33.1. The lowest BCUT2D eigenvalue weighted by molar-refractivity contribution is 0.133. The van der Waals surface area contributed by atoms with Crippen molar-refractivity contribution >= 4 is 23.2 Å². The number of amides is 1. The van der Waals surface area contributed by atoms with E-state index in [2.05, 4.69) is 41.0 Å². The van der Waals surface area contributed by atoms with Crippen molar-refractivity contribution in [3.63, 3.8) is 0 Å². The number of carbonyl (C=O) groups is 1. The molecule has 0 bridgehead atoms. The number of nitrogens with two attached hydrogens (primary N) is 1. The first-order valence-corrected chi connectivity index (χ1v) is 18.6. The molecule has 1 unspecified atom stereocenters. The maximum absolute atomic E-state index is 10.9. The molecule has 0 aliphatic carbocycles. The molecule has 0 fully saturated rings. The fourth-order valence-electron chi connectivity index (χ4n) is 6.42. The van der Waals surface area contributed by atoms with E-state index in [1.807, 2.05) is 49.6 Å². The maximum Gasteiger partial charge on any atom is 0.404 e. The number of carbonyl (C=O) groups excluding carboxylic acids is 1. The van der Waals surface area contributed by atoms with E-state index in [0.29, 0.717) is 73.4 Å². The zero-order valence-corrected chi connectivity index (χ0v) is 33.1. The predicted octanol–water partition coefficient (Wildman–Crippen LogP) is 5.81. The van der Waals surface area contributed by atoms with Crippen LogP contribution in [-0.2, 0) is 24.2 Å². The molecule has 1 atom stereocenters. The average Bonchev–Trinajstić information content (AvgIpc) is 3.61. The van der Waals surface area contributed by atoms with Crippen molar-refractivity contribution in [3.8, 4) is 29.0 Å². The number of aromatic nitrogens is 4. The summed E-state index contributed by atoms with van der Waals surface area (Å²) in [6.45, 7) is 3.75. The van der Waals surface area contributed by atoms with Gasteiger partial charge in [-0.05, 0) is 54.8 Å². The molecular weight excluding hydrogens is 718 g/mol. The minimum atomic E-state index is -0.769. The van der Waals surface area contributed by atoms with Crippen LogP contribution >= 0.6 is 0 Å². The van der Waals surface area contributed by atoms with Gasteiger partial charge in [0.1, 0.15) is 29.1 Å². The fraction of sp³-hybridized carbons (Fsp3) is 0.415. The first-order valence-electron chi connectivity index (χ1n) is 18.6. The van der Waals surface area contributed by atoms with E-state index < -0.39 is 6.09 Å². The zero-order chi connectivity index (χ0) is 40.0. The molecule has 0 aliphatic heterocycles. The van der Waals surface area contributed by atoms with Crippen LogP contribution in [0.1, 0.15) is 55.0 Å². The Kier molecular flexibility index (Phi) is 14.8. The Morgan fingerprint density at radius 2 is 1.54 bits per heavy atom. The molecule has 0 aliphatic rings. The average molecular weight is 772 g/mol. The second kappa shape index (κ2) is 20.1. The summed E-state index contributed by atoms with van der Waals surface area (Å²) in [6, 6.07) is 19.9. The van der Waals surface area contributed by atoms with Crippen molar-refractivity contribution in [2.45, 2.75) is 58.2 Å². The quantitative estimate of drug-likeness (QED) is 0.0810. The fourth-order valence-corrected chi connectivity index (χ4v) is 6.42. The van der Waals surface area contributed by atoms with Crippen LogP contribution in [0, 0.1) is 0 Å². The van der Waals surface area contributed by atoms with Crippen molar-refractivity contribution in [1.82, 2.24) is 19.6 Å². The minimum Gasteiger partial charge on any atom is -0.497 e. The van der Waals surface area contributed by atoms with Crippen molar-refractivity contribution in [1.29, 1.82) is 0 Å². The van der Waals surface area contributed by atoms with Crippen LogP contribution < -0.4 is 39.2 Å². The van der Waals surface area contributed by atoms with Crippen molar-refractivity contribution in [2.24, 2.45) is 5.73 Å². The Hall–Kier alpha value is -5.96. The number of aliphatic hydroxyl groups excluding tert-OH is 1. The number of nitrogens with zero attached hydrogens (tertiary/aromatic N) is 6. The number of benzene rings is 3. The number of ether oxygens (including phenoxy) is 6. The van der Waals surface area contributed by atoms with Crippen LogP contribution in [0.4, 0.5) is 16.3 Å². The van der Waals surface area contributed by atoms with Gasteiger partial charge in [-0.25, -0.2) is 14.3 Å². The number of anilines is 2. The van der Waals surface area contributed by atoms with E-state index in [-0.39, 0.29) is 25.3 Å². The molecule has 5 aromatic rings. The second-order valence-electron chi connectivity index (χ2n) is 13.2. The van der Waals surface area contributed by atoms with Gasteiger partial charge in [0, 0.05) is 75.1 Å². The van der Waals surface area contributed by atoms with Crippen molar-refractivity contribution < 1.29 is 38.3 Å². The lowest BCUT2D eigenvalue weighted by Gasteiger charge is -2.27. The van der Waals surface area contributed by atoms with Gasteiger partial charge in [0.05, 0.1) is 46.9 Å². The number of imidazole rings is 1. The molecule has 3 N–H and O–H groups in total. The van der Waals surface area contributed by atoms with Gasteiger partial charge >= 0.3 is 12.1 Å². The van der Waals surface area contributed by atoms with E-state index in [0.717, 1.165) is 40.9 Å². The highest BCUT2D eigenvalue weighted by atomic mass is 16.5. The van der Waals surface area contributed by atoms with Gasteiger partial charge in [-0.15, -0.1) is 5.10 Å². The molecule has 3 aromatic carbocycles. The van der Waals surface area contributed by atoms with Crippen molar-refractivity contribution in [2.75, 3.05) is 65.0 Å². The first kappa shape index (κ1) is 41.2. The summed E-state index contributed by atoms with van der Waals surface area (Å²) in [5, 5.41) is 14.7. The van der Waals surface area contributed by atoms with E-state index in [1.165, 1.54) is 0 Å². The third kappa shape index (κ3) is 10.6. The summed E-state index contributed by atoms with van der Waals surface area (Å²) in [5.74, 6) is 3.19. The number of hydrogen-bond donors (Lipinski definition) is 2. The van der Waals surface area contributed by atoms with E-state index in [1.54, 1.807) is 33.0 Å². The van der Waals surface area contributed by atoms with Gasteiger partial charge < -0.3 is 49.1 Å². The first-order chi connectivity index (χ1) is 27.2. The predicted molar refractivity (Wildman–Crippen MR) is 213 cm³/mol. The van der Waals surface area contributed by atoms with Crippen LogP contribution in [0.15, 0.2) is 66.9 Å². The topological polar surface area (TPSA) is 168 Å². The number of aliphatic hydroxyl groups is 1. The summed E-state index contributed by atoms with van der Waals surface area (Å²) in [4.78, 5) is 25.0. The molecule has 0 radical (unpaired) electrons. The number of primary amides is 1. The Labute approximate surface area is 327 Å². The van der Waals surface area contributed by atoms with Crippen LogP contribution in [0.25, 0.3) is 5.65 Å². The van der Waals surface area contributed by atoms with E-state index >= 15 is 0 Å². The Morgan fingerprint density at radius 3 is 2.09 bits per heavy atom. The maximum atomic E-state index is 10.9. The van der Waals surface area contributed by atoms with Crippen LogP contribution in [0.2, 0.25) is 0 Å². The molecule has 0 saturated carbocycles. The molecule has 2 heterocycles. The number of methoxy groups -OCH3 is 4. The Morgan fingerprint density at radius 1 is 0.893 bits per heavy atom. The molecule has 5 rings (SSSR count). The third-order valence-corrected chi connectivity index (χ3v) is 9.38. The molecule has 0 saturated heterocycles. The smallest absolute Gasteiger partial charge is 0.404 e. The standard InChI is InChI=1S/C41H53N7O8/c1-7-9-33(18-20-49)56-41-44-39(38-43-25-32(48(38)45-41)22-28-10-14-31(15-11-28)46(2)19-8-21-55-40(42)50)47(26-29-12-16-34(51-3)23-36(29)53-5)27-30-13-17-35(52-4)24-37(30)54-6/h10-17,23-25,33,49H,7-9,18-22,26-27H2,1-6H3,(H2,42,50). The van der Waals surface area contributed by atoms with Crippen LogP contribution in [0.3, 0.4) is 0 Å². The molecule has 15 nitrogen and oxygen atoms in total. The number of rotatable bonds is 22. The SMILES string of the molecule is CCCC(CCO)Oc1nc(N(Cc2ccc(OC)cc2OC)Cc2ccc(OC)cc2OC)c2ncc(Cc3ccc(N(C)CCCOC(N)=O)cc3)n2n1. The van der Waals surface area contributed by atoms with Gasteiger partial charge in [0.25, 0.3) is 0 Å². The summed E-state index contributed by atoms with van der Waals surface area (Å²) >= 11 is 0. The summed E-state index contributed by atoms with van der Waals surface area (Å²) in [6.07, 6.45) is 3.97. The molecule has 1 amide bonds. The molecule has 300 valence electrons. The van der Waals surface area contributed by atoms with E-state index in [4.69, 9.17) is 49.2 Å². The van der Waals surface area contributed by atoms with E-state index in [9.17, 15) is 9.90 Å². The normalized spacial score (nSPS) is 11.6. The monoisotopic (exact) mass is 771 g/mol. The summed E-state index contributed by atoms with van der Waals surface area (Å²) in [7, 11) is 8.49. The summed E-state index contributed by atoms with van der Waals surface area (Å²) < 4.78 is 35.7. The molecule has 15 heteroatoms. The highest BCUT2D eigenvalue weighted by Crippen LogP contribution is 2.33. The van der Waals surface area contributed by atoms with Gasteiger partial charge in [0.2, 0.25) is 0 Å². The Bertz CT molecular complexity index is 1960. The number of fused-ring (bicyclic) bond motifs is 1. The number of hydrogen-bond acceptors (Lipinski definition) is 13. The van der Waals surface area contributed by atoms with Gasteiger partial charge in [-0.3, -0.25) is 0 Å². The lowest BCUT2D eigenvalue weighted by atomic mass is 10.1. The summed E-state index contributed by atoms with van der Waals surface area (Å²) in [5.41, 5.74) is 10.3. The van der Waals surface area contributed by atoms with Gasteiger partial charge in [-0.1, -0.05) is 25.5 Å². The van der Waals surface area contributed by atoms with Crippen molar-refractivity contribution in [3.05, 3.63) is 89.2 Å². The van der Waals surface area contributed by atoms with Gasteiger partial charge in [-0.2, -0.15) is 4.98 Å². The van der Waals surface area contributed by atoms with Gasteiger partial charge in [0.15, 0.2) is 11.5 Å². The minimum absolute atomic E-state index is 0.0247. The van der Waals surface area contributed by atoms with Crippen LogP contribution in [-0.4, -0.2) is 92.1 Å². The highest BCUT2D eigenvalue weighted by Gasteiger charge is 2.24. The molecule has 2 aromatic heterocycles. The molecule has 0 spiro atoms. The lowest BCUT2D eigenvalue weighted by Crippen LogP contribution is -2.26. The molecular formula is C41H53N7O8. The Balaban J connectivity index is 1.57. The molecule has 56 heavy (non-hydrogen) atoms. The van der Waals surface area contributed by atoms with Crippen LogP contribution in [0.5, 0.6) is 29.0 Å². The third-order valence-electron chi connectivity index (χ3n) is 9.38.